The van der Waals surface area contributed by atoms with Crippen molar-refractivity contribution in [1.82, 2.24) is 5.32 Å². The van der Waals surface area contributed by atoms with E-state index < -0.39 is 5.97 Å². The SMILES string of the molecule is C=C(CNC(=O)CCCCCCCCCCCCCC(C)C)C(=O)OC. The summed E-state index contributed by atoms with van der Waals surface area (Å²) in [5.41, 5.74) is 0.278. The summed E-state index contributed by atoms with van der Waals surface area (Å²) in [4.78, 5) is 22.8. The Kier molecular flexibility index (Phi) is 16.2. The first-order chi connectivity index (χ1) is 12.5. The molecule has 1 amide bonds. The van der Waals surface area contributed by atoms with Crippen LogP contribution in [0, 0.1) is 5.92 Å². The molecule has 0 aromatic carbocycles. The van der Waals surface area contributed by atoms with Crippen LogP contribution in [0.4, 0.5) is 0 Å². The first kappa shape index (κ1) is 24.7. The summed E-state index contributed by atoms with van der Waals surface area (Å²) >= 11 is 0. The van der Waals surface area contributed by atoms with Crippen LogP contribution in [0.3, 0.4) is 0 Å². The Hall–Kier alpha value is -1.32. The van der Waals surface area contributed by atoms with Gasteiger partial charge in [0.05, 0.1) is 7.11 Å². The van der Waals surface area contributed by atoms with Gasteiger partial charge in [-0.2, -0.15) is 0 Å². The average molecular weight is 368 g/mol. The van der Waals surface area contributed by atoms with Crippen molar-refractivity contribution < 1.29 is 14.3 Å². The second kappa shape index (κ2) is 17.1. The normalized spacial score (nSPS) is 10.8. The molecule has 0 aromatic rings. The minimum absolute atomic E-state index is 0.0208. The van der Waals surface area contributed by atoms with Crippen LogP contribution in [0.1, 0.15) is 97.3 Å². The maximum Gasteiger partial charge on any atom is 0.334 e. The molecule has 0 saturated carbocycles. The van der Waals surface area contributed by atoms with Crippen molar-refractivity contribution in [2.24, 2.45) is 5.92 Å². The number of esters is 1. The van der Waals surface area contributed by atoms with Gasteiger partial charge in [-0.3, -0.25) is 4.79 Å². The highest BCUT2D eigenvalue weighted by atomic mass is 16.5. The van der Waals surface area contributed by atoms with E-state index in [-0.39, 0.29) is 18.0 Å². The molecule has 0 aliphatic carbocycles. The third kappa shape index (κ3) is 16.2. The number of amides is 1. The first-order valence-corrected chi connectivity index (χ1v) is 10.5. The molecule has 0 rings (SSSR count). The number of hydrogen-bond donors (Lipinski definition) is 1. The van der Waals surface area contributed by atoms with Crippen molar-refractivity contribution in [2.75, 3.05) is 13.7 Å². The van der Waals surface area contributed by atoms with Crippen LogP contribution < -0.4 is 5.32 Å². The fourth-order valence-electron chi connectivity index (χ4n) is 2.94. The zero-order valence-corrected chi connectivity index (χ0v) is 17.4. The van der Waals surface area contributed by atoms with Crippen LogP contribution in [0.2, 0.25) is 0 Å². The Labute approximate surface area is 161 Å². The largest absolute Gasteiger partial charge is 0.466 e. The molecule has 1 N–H and O–H groups in total. The topological polar surface area (TPSA) is 55.4 Å². The molecule has 152 valence electrons. The zero-order chi connectivity index (χ0) is 19.6. The van der Waals surface area contributed by atoms with Crippen molar-refractivity contribution in [3.63, 3.8) is 0 Å². The number of hydrogen-bond acceptors (Lipinski definition) is 3. The lowest BCUT2D eigenvalue weighted by atomic mass is 10.0. The van der Waals surface area contributed by atoms with Gasteiger partial charge in [-0.25, -0.2) is 4.79 Å². The van der Waals surface area contributed by atoms with E-state index in [1.165, 1.54) is 71.3 Å². The van der Waals surface area contributed by atoms with Gasteiger partial charge >= 0.3 is 5.97 Å². The molecule has 0 saturated heterocycles. The third-order valence-electron chi connectivity index (χ3n) is 4.66. The second-order valence-corrected chi connectivity index (χ2v) is 7.69. The van der Waals surface area contributed by atoms with Gasteiger partial charge < -0.3 is 10.1 Å². The minimum Gasteiger partial charge on any atom is -0.466 e. The van der Waals surface area contributed by atoms with Crippen LogP contribution >= 0.6 is 0 Å². The van der Waals surface area contributed by atoms with Crippen molar-refractivity contribution in [3.05, 3.63) is 12.2 Å². The molecule has 4 nitrogen and oxygen atoms in total. The summed E-state index contributed by atoms with van der Waals surface area (Å²) in [6.45, 7) is 8.35. The maximum atomic E-state index is 11.7. The Morgan fingerprint density at radius 3 is 1.77 bits per heavy atom. The van der Waals surface area contributed by atoms with Gasteiger partial charge in [-0.05, 0) is 12.3 Å². The summed E-state index contributed by atoms with van der Waals surface area (Å²) in [6, 6.07) is 0. The van der Waals surface area contributed by atoms with Crippen molar-refractivity contribution >= 4 is 11.9 Å². The highest BCUT2D eigenvalue weighted by Gasteiger charge is 2.08. The molecular formula is C22H41NO3. The van der Waals surface area contributed by atoms with E-state index in [9.17, 15) is 9.59 Å². The van der Waals surface area contributed by atoms with Crippen molar-refractivity contribution in [1.29, 1.82) is 0 Å². The van der Waals surface area contributed by atoms with Crippen LogP contribution in [-0.2, 0) is 14.3 Å². The lowest BCUT2D eigenvalue weighted by molar-refractivity contribution is -0.136. The summed E-state index contributed by atoms with van der Waals surface area (Å²) in [5.74, 6) is 0.355. The smallest absolute Gasteiger partial charge is 0.334 e. The van der Waals surface area contributed by atoms with Crippen molar-refractivity contribution in [2.45, 2.75) is 97.3 Å². The van der Waals surface area contributed by atoms with Gasteiger partial charge in [0, 0.05) is 18.5 Å². The fraction of sp³-hybridized carbons (Fsp3) is 0.818. The van der Waals surface area contributed by atoms with Gasteiger partial charge in [0.25, 0.3) is 0 Å². The number of methoxy groups -OCH3 is 1. The molecular weight excluding hydrogens is 326 g/mol. The number of carbonyl (C=O) groups is 2. The zero-order valence-electron chi connectivity index (χ0n) is 17.4. The lowest BCUT2D eigenvalue weighted by Crippen LogP contribution is -2.27. The Balaban J connectivity index is 3.29. The predicted octanol–water partition coefficient (Wildman–Crippen LogP) is 5.56. The number of nitrogens with one attached hydrogen (secondary N) is 1. The quantitative estimate of drug-likeness (QED) is 0.208. The number of unbranched alkanes of at least 4 members (excludes halogenated alkanes) is 10. The highest BCUT2D eigenvalue weighted by Crippen LogP contribution is 2.14. The Morgan fingerprint density at radius 1 is 0.846 bits per heavy atom. The Bertz CT molecular complexity index is 391. The molecule has 0 aliphatic heterocycles. The summed E-state index contributed by atoms with van der Waals surface area (Å²) in [5, 5.41) is 2.70. The van der Waals surface area contributed by atoms with Crippen LogP contribution in [0.25, 0.3) is 0 Å². The van der Waals surface area contributed by atoms with Crippen molar-refractivity contribution in [3.8, 4) is 0 Å². The first-order valence-electron chi connectivity index (χ1n) is 10.5. The summed E-state index contributed by atoms with van der Waals surface area (Å²) in [7, 11) is 1.31. The van der Waals surface area contributed by atoms with E-state index in [4.69, 9.17) is 0 Å². The maximum absolute atomic E-state index is 11.7. The van der Waals surface area contributed by atoms with Crippen LogP contribution in [0.15, 0.2) is 12.2 Å². The van der Waals surface area contributed by atoms with Crippen LogP contribution in [-0.4, -0.2) is 25.5 Å². The second-order valence-electron chi connectivity index (χ2n) is 7.69. The monoisotopic (exact) mass is 367 g/mol. The van der Waals surface area contributed by atoms with E-state index in [0.29, 0.717) is 6.42 Å². The predicted molar refractivity (Wildman–Crippen MR) is 109 cm³/mol. The highest BCUT2D eigenvalue weighted by molar-refractivity contribution is 5.89. The van der Waals surface area contributed by atoms with E-state index in [1.807, 2.05) is 0 Å². The molecule has 0 unspecified atom stereocenters. The molecule has 4 heteroatoms. The van der Waals surface area contributed by atoms with Gasteiger partial charge in [-0.15, -0.1) is 0 Å². The molecule has 0 fully saturated rings. The van der Waals surface area contributed by atoms with Gasteiger partial charge in [0.15, 0.2) is 0 Å². The number of rotatable bonds is 17. The number of carbonyl (C=O) groups excluding carboxylic acids is 2. The third-order valence-corrected chi connectivity index (χ3v) is 4.66. The minimum atomic E-state index is -0.471. The summed E-state index contributed by atoms with van der Waals surface area (Å²) in [6.07, 6.45) is 16.0. The van der Waals surface area contributed by atoms with E-state index in [1.54, 1.807) is 0 Å². The molecule has 0 aromatic heterocycles. The molecule has 0 bridgehead atoms. The van der Waals surface area contributed by atoms with Gasteiger partial charge in [-0.1, -0.05) is 91.1 Å². The molecule has 0 radical (unpaired) electrons. The summed E-state index contributed by atoms with van der Waals surface area (Å²) < 4.78 is 4.54. The van der Waals surface area contributed by atoms with Gasteiger partial charge in [0.2, 0.25) is 5.91 Å². The van der Waals surface area contributed by atoms with Crippen LogP contribution in [0.5, 0.6) is 0 Å². The average Bonchev–Trinajstić information content (AvgIpc) is 2.62. The van der Waals surface area contributed by atoms with E-state index >= 15 is 0 Å². The molecule has 26 heavy (non-hydrogen) atoms. The van der Waals surface area contributed by atoms with E-state index in [2.05, 4.69) is 30.5 Å². The fourth-order valence-corrected chi connectivity index (χ4v) is 2.94. The molecule has 0 heterocycles. The Morgan fingerprint density at radius 2 is 1.31 bits per heavy atom. The molecule has 0 atom stereocenters. The lowest BCUT2D eigenvalue weighted by Gasteiger charge is -2.06. The van der Waals surface area contributed by atoms with Gasteiger partial charge in [0.1, 0.15) is 0 Å². The number of ether oxygens (including phenoxy) is 1. The van der Waals surface area contributed by atoms with E-state index in [0.717, 1.165) is 18.8 Å². The molecule has 0 spiro atoms. The molecule has 0 aliphatic rings. The standard InChI is InChI=1S/C22H41NO3/c1-19(2)16-14-12-10-8-6-5-7-9-11-13-15-17-21(24)23-18-20(3)22(25)26-4/h19H,3,5-18H2,1-2,4H3,(H,23,24).